The lowest BCUT2D eigenvalue weighted by Gasteiger charge is -2.24. The number of nitrogens with zero attached hydrogens (tertiary/aromatic N) is 2. The quantitative estimate of drug-likeness (QED) is 0.820. The lowest BCUT2D eigenvalue weighted by molar-refractivity contribution is 0.112. The summed E-state index contributed by atoms with van der Waals surface area (Å²) in [4.78, 5) is 15.3. The third kappa shape index (κ3) is 1.65. The first-order valence-corrected chi connectivity index (χ1v) is 5.84. The highest BCUT2D eigenvalue weighted by molar-refractivity contribution is 5.87. The topological polar surface area (TPSA) is 58.6 Å². The van der Waals surface area contributed by atoms with Crippen molar-refractivity contribution in [3.05, 3.63) is 35.8 Å². The maximum atomic E-state index is 11.2. The Kier molecular flexibility index (Phi) is 2.48. The minimum atomic E-state index is 0.480. The van der Waals surface area contributed by atoms with Crippen molar-refractivity contribution in [1.82, 2.24) is 15.2 Å². The highest BCUT2D eigenvalue weighted by Gasteiger charge is 2.26. The molecule has 2 heterocycles. The van der Waals surface area contributed by atoms with Crippen LogP contribution in [0.2, 0.25) is 0 Å². The molecule has 0 aliphatic heterocycles. The number of hydrogen-bond acceptors (Lipinski definition) is 3. The Morgan fingerprint density at radius 3 is 2.88 bits per heavy atom. The van der Waals surface area contributed by atoms with Crippen molar-refractivity contribution >= 4 is 6.29 Å². The summed E-state index contributed by atoms with van der Waals surface area (Å²) >= 11 is 0. The smallest absolute Gasteiger partial charge is 0.154 e. The molecule has 0 radical (unpaired) electrons. The second kappa shape index (κ2) is 4.13. The average Bonchev–Trinajstić information content (AvgIpc) is 2.71. The van der Waals surface area contributed by atoms with Gasteiger partial charge in [-0.2, -0.15) is 5.10 Å². The molecule has 1 saturated carbocycles. The molecule has 86 valence electrons. The molecule has 1 aliphatic carbocycles. The van der Waals surface area contributed by atoms with Gasteiger partial charge >= 0.3 is 0 Å². The molecule has 1 N–H and O–H groups in total. The molecule has 0 bridgehead atoms. The summed E-state index contributed by atoms with van der Waals surface area (Å²) in [6.45, 7) is 0. The molecule has 0 saturated heterocycles. The van der Waals surface area contributed by atoms with E-state index < -0.39 is 0 Å². The fourth-order valence-electron chi connectivity index (χ4n) is 2.21. The highest BCUT2D eigenvalue weighted by Crippen LogP contribution is 2.38. The largest absolute Gasteiger partial charge is 0.298 e. The van der Waals surface area contributed by atoms with Crippen LogP contribution in [0.5, 0.6) is 0 Å². The van der Waals surface area contributed by atoms with E-state index >= 15 is 0 Å². The van der Waals surface area contributed by atoms with E-state index in [-0.39, 0.29) is 0 Å². The summed E-state index contributed by atoms with van der Waals surface area (Å²) < 4.78 is 0. The number of carbonyl (C=O) groups is 1. The molecule has 0 atom stereocenters. The van der Waals surface area contributed by atoms with Gasteiger partial charge in [0.2, 0.25) is 0 Å². The maximum absolute atomic E-state index is 11.2. The van der Waals surface area contributed by atoms with Gasteiger partial charge in [0.15, 0.2) is 6.29 Å². The Morgan fingerprint density at radius 1 is 1.41 bits per heavy atom. The Balaban J connectivity index is 2.05. The average molecular weight is 227 g/mol. The number of carbonyl (C=O) groups excluding carboxylic acids is 1. The van der Waals surface area contributed by atoms with Gasteiger partial charge in [-0.15, -0.1) is 0 Å². The van der Waals surface area contributed by atoms with Crippen LogP contribution in [0.15, 0.2) is 24.5 Å². The van der Waals surface area contributed by atoms with Gasteiger partial charge in [-0.3, -0.25) is 14.9 Å². The molecule has 2 aromatic heterocycles. The van der Waals surface area contributed by atoms with E-state index in [4.69, 9.17) is 0 Å². The van der Waals surface area contributed by atoms with Gasteiger partial charge in [-0.05, 0) is 25.0 Å². The number of aromatic nitrogens is 3. The molecule has 0 unspecified atom stereocenters. The van der Waals surface area contributed by atoms with Crippen molar-refractivity contribution in [2.75, 3.05) is 0 Å². The fraction of sp³-hybridized carbons (Fsp3) is 0.308. The van der Waals surface area contributed by atoms with Crippen molar-refractivity contribution < 1.29 is 4.79 Å². The highest BCUT2D eigenvalue weighted by atomic mass is 16.1. The molecule has 0 aromatic carbocycles. The van der Waals surface area contributed by atoms with Gasteiger partial charge in [0, 0.05) is 29.6 Å². The van der Waals surface area contributed by atoms with Crippen LogP contribution >= 0.6 is 0 Å². The molecule has 2 aromatic rings. The monoisotopic (exact) mass is 227 g/mol. The van der Waals surface area contributed by atoms with E-state index in [1.54, 1.807) is 12.4 Å². The lowest BCUT2D eigenvalue weighted by Crippen LogP contribution is -2.11. The summed E-state index contributed by atoms with van der Waals surface area (Å²) in [5.74, 6) is 0.480. The van der Waals surface area contributed by atoms with Crippen LogP contribution in [0.1, 0.15) is 41.2 Å². The SMILES string of the molecule is O=Cc1c(-c2cccnc2)n[nH]c1C1CCC1. The minimum absolute atomic E-state index is 0.480. The van der Waals surface area contributed by atoms with Crippen molar-refractivity contribution in [3.63, 3.8) is 0 Å². The molecular weight excluding hydrogens is 214 g/mol. The second-order valence-corrected chi connectivity index (χ2v) is 4.39. The van der Waals surface area contributed by atoms with Crippen LogP contribution < -0.4 is 0 Å². The normalized spacial score (nSPS) is 15.5. The molecule has 1 fully saturated rings. The molecule has 0 amide bonds. The number of hydrogen-bond donors (Lipinski definition) is 1. The van der Waals surface area contributed by atoms with Gasteiger partial charge in [0.1, 0.15) is 5.69 Å². The minimum Gasteiger partial charge on any atom is -0.298 e. The predicted octanol–water partition coefficient (Wildman–Crippen LogP) is 2.55. The van der Waals surface area contributed by atoms with Gasteiger partial charge in [-0.1, -0.05) is 6.42 Å². The van der Waals surface area contributed by atoms with Gasteiger partial charge in [0.25, 0.3) is 0 Å². The Morgan fingerprint density at radius 2 is 2.29 bits per heavy atom. The van der Waals surface area contributed by atoms with E-state index in [0.717, 1.165) is 36.1 Å². The third-order valence-corrected chi connectivity index (χ3v) is 3.40. The Hall–Kier alpha value is -1.97. The maximum Gasteiger partial charge on any atom is 0.154 e. The van der Waals surface area contributed by atoms with Crippen LogP contribution in [0.3, 0.4) is 0 Å². The third-order valence-electron chi connectivity index (χ3n) is 3.40. The first kappa shape index (κ1) is 10.2. The fourth-order valence-corrected chi connectivity index (χ4v) is 2.21. The molecule has 4 nitrogen and oxygen atoms in total. The number of aromatic amines is 1. The van der Waals surface area contributed by atoms with Gasteiger partial charge in [-0.25, -0.2) is 0 Å². The van der Waals surface area contributed by atoms with E-state index in [0.29, 0.717) is 11.5 Å². The zero-order chi connectivity index (χ0) is 11.7. The number of nitrogens with one attached hydrogen (secondary N) is 1. The molecule has 17 heavy (non-hydrogen) atoms. The van der Waals surface area contributed by atoms with Crippen molar-refractivity contribution in [2.24, 2.45) is 0 Å². The van der Waals surface area contributed by atoms with Crippen molar-refractivity contribution in [2.45, 2.75) is 25.2 Å². The zero-order valence-corrected chi connectivity index (χ0v) is 9.39. The number of pyridine rings is 1. The van der Waals surface area contributed by atoms with E-state index in [9.17, 15) is 4.79 Å². The number of rotatable bonds is 3. The Bertz CT molecular complexity index is 529. The summed E-state index contributed by atoms with van der Waals surface area (Å²) in [6.07, 6.45) is 7.88. The standard InChI is InChI=1S/C13H13N3O/c17-8-11-12(9-3-1-4-9)15-16-13(11)10-5-2-6-14-7-10/h2,5-9H,1,3-4H2,(H,15,16). The lowest BCUT2D eigenvalue weighted by atomic mass is 9.81. The summed E-state index contributed by atoms with van der Waals surface area (Å²) in [5, 5.41) is 7.28. The van der Waals surface area contributed by atoms with Crippen LogP contribution in [0.25, 0.3) is 11.3 Å². The van der Waals surface area contributed by atoms with Crippen LogP contribution in [0, 0.1) is 0 Å². The Labute approximate surface area is 99.1 Å². The molecule has 0 spiro atoms. The van der Waals surface area contributed by atoms with Crippen LogP contribution in [-0.2, 0) is 0 Å². The van der Waals surface area contributed by atoms with Crippen LogP contribution in [0.4, 0.5) is 0 Å². The summed E-state index contributed by atoms with van der Waals surface area (Å²) in [5.41, 5.74) is 3.29. The number of H-pyrrole nitrogens is 1. The molecule has 4 heteroatoms. The van der Waals surface area contributed by atoms with E-state index in [1.165, 1.54) is 6.42 Å². The first-order valence-electron chi connectivity index (χ1n) is 5.84. The van der Waals surface area contributed by atoms with Crippen molar-refractivity contribution in [1.29, 1.82) is 0 Å². The van der Waals surface area contributed by atoms with Crippen molar-refractivity contribution in [3.8, 4) is 11.3 Å². The van der Waals surface area contributed by atoms with Gasteiger partial charge < -0.3 is 0 Å². The molecular formula is C13H13N3O. The molecule has 3 rings (SSSR count). The van der Waals surface area contributed by atoms with E-state index in [1.807, 2.05) is 12.1 Å². The van der Waals surface area contributed by atoms with E-state index in [2.05, 4.69) is 15.2 Å². The predicted molar refractivity (Wildman–Crippen MR) is 63.8 cm³/mol. The first-order chi connectivity index (χ1) is 8.40. The summed E-state index contributed by atoms with van der Waals surface area (Å²) in [6, 6.07) is 3.77. The van der Waals surface area contributed by atoms with Crippen LogP contribution in [-0.4, -0.2) is 21.5 Å². The van der Waals surface area contributed by atoms with Gasteiger partial charge in [0.05, 0.1) is 5.56 Å². The zero-order valence-electron chi connectivity index (χ0n) is 9.39. The second-order valence-electron chi connectivity index (χ2n) is 4.39. The summed E-state index contributed by atoms with van der Waals surface area (Å²) in [7, 11) is 0. The number of aldehydes is 1. The molecule has 1 aliphatic rings.